The van der Waals surface area contributed by atoms with Crippen molar-refractivity contribution in [2.45, 2.75) is 19.4 Å². The molecular formula is C13H19N3O2. The lowest BCUT2D eigenvalue weighted by molar-refractivity contribution is -0.119. The van der Waals surface area contributed by atoms with Gasteiger partial charge in [0.05, 0.1) is 12.2 Å². The molecule has 0 aromatic carbocycles. The number of nitrogens with zero attached hydrogens (tertiary/aromatic N) is 2. The van der Waals surface area contributed by atoms with Crippen LogP contribution in [0.5, 0.6) is 0 Å². The highest BCUT2D eigenvalue weighted by Gasteiger charge is 2.25. The molecule has 5 heteroatoms. The van der Waals surface area contributed by atoms with Crippen LogP contribution in [0.15, 0.2) is 18.3 Å². The van der Waals surface area contributed by atoms with Crippen LogP contribution in [0.4, 0.5) is 0 Å². The molecule has 0 radical (unpaired) electrons. The van der Waals surface area contributed by atoms with Gasteiger partial charge in [-0.25, -0.2) is 0 Å². The fourth-order valence-electron chi connectivity index (χ4n) is 2.42. The number of ketones is 1. The van der Waals surface area contributed by atoms with E-state index in [0.29, 0.717) is 6.54 Å². The number of carbonyl (C=O) groups excluding carboxylic acids is 2. The predicted molar refractivity (Wildman–Crippen MR) is 68.4 cm³/mol. The van der Waals surface area contributed by atoms with E-state index in [4.69, 9.17) is 0 Å². The number of carbonyl (C=O) groups is 2. The Morgan fingerprint density at radius 3 is 2.89 bits per heavy atom. The molecule has 1 aromatic heterocycles. The molecule has 1 amide bonds. The Labute approximate surface area is 107 Å². The Kier molecular flexibility index (Phi) is 3.81. The third-order valence-electron chi connectivity index (χ3n) is 3.28. The van der Waals surface area contributed by atoms with Crippen molar-refractivity contribution >= 4 is 11.7 Å². The monoisotopic (exact) mass is 249 g/mol. The Balaban J connectivity index is 1.87. The standard InChI is InChI=1S/C13H19N3O2/c1-10(17)14-11-5-7-16(8-11)9-13(18)12-4-3-6-15(12)2/h3-4,6,11H,5,7-9H2,1-2H3,(H,14,17). The molecule has 1 atom stereocenters. The maximum atomic E-state index is 12.1. The van der Waals surface area contributed by atoms with E-state index < -0.39 is 0 Å². The molecule has 0 aliphatic carbocycles. The summed E-state index contributed by atoms with van der Waals surface area (Å²) in [7, 11) is 1.87. The average Bonchev–Trinajstić information content (AvgIpc) is 2.87. The van der Waals surface area contributed by atoms with Crippen LogP contribution in [0.2, 0.25) is 0 Å². The second-order valence-electron chi connectivity index (χ2n) is 4.85. The second-order valence-corrected chi connectivity index (χ2v) is 4.85. The fourth-order valence-corrected chi connectivity index (χ4v) is 2.42. The smallest absolute Gasteiger partial charge is 0.217 e. The lowest BCUT2D eigenvalue weighted by Crippen LogP contribution is -2.37. The normalized spacial score (nSPS) is 20.0. The van der Waals surface area contributed by atoms with Gasteiger partial charge in [-0.3, -0.25) is 14.5 Å². The summed E-state index contributed by atoms with van der Waals surface area (Å²) < 4.78 is 1.84. The molecule has 1 N–H and O–H groups in total. The van der Waals surface area contributed by atoms with E-state index in [1.807, 2.05) is 29.9 Å². The Morgan fingerprint density at radius 1 is 1.50 bits per heavy atom. The van der Waals surface area contributed by atoms with Crippen molar-refractivity contribution in [3.05, 3.63) is 24.0 Å². The molecule has 98 valence electrons. The van der Waals surface area contributed by atoms with Crippen molar-refractivity contribution < 1.29 is 9.59 Å². The molecule has 0 spiro atoms. The van der Waals surface area contributed by atoms with Crippen LogP contribution >= 0.6 is 0 Å². The van der Waals surface area contributed by atoms with Gasteiger partial charge in [-0.1, -0.05) is 0 Å². The molecular weight excluding hydrogens is 230 g/mol. The molecule has 0 saturated carbocycles. The number of aryl methyl sites for hydroxylation is 1. The highest BCUT2D eigenvalue weighted by molar-refractivity contribution is 5.96. The Bertz CT molecular complexity index is 453. The number of hydrogen-bond donors (Lipinski definition) is 1. The number of likely N-dealkylation sites (tertiary alicyclic amines) is 1. The first-order valence-corrected chi connectivity index (χ1v) is 6.20. The van der Waals surface area contributed by atoms with E-state index in [1.165, 1.54) is 6.92 Å². The minimum atomic E-state index is -0.00406. The Morgan fingerprint density at radius 2 is 2.28 bits per heavy atom. The van der Waals surface area contributed by atoms with Gasteiger partial charge in [0.15, 0.2) is 5.78 Å². The van der Waals surface area contributed by atoms with E-state index in [2.05, 4.69) is 10.2 Å². The van der Waals surface area contributed by atoms with Gasteiger partial charge >= 0.3 is 0 Å². The molecule has 2 rings (SSSR count). The van der Waals surface area contributed by atoms with Crippen LogP contribution in [0.1, 0.15) is 23.8 Å². The van der Waals surface area contributed by atoms with Gasteiger partial charge in [0.1, 0.15) is 0 Å². The zero-order valence-electron chi connectivity index (χ0n) is 10.8. The van der Waals surface area contributed by atoms with Gasteiger partial charge in [-0.15, -0.1) is 0 Å². The van der Waals surface area contributed by atoms with Crippen molar-refractivity contribution in [2.75, 3.05) is 19.6 Å². The van der Waals surface area contributed by atoms with E-state index in [-0.39, 0.29) is 17.7 Å². The fraction of sp³-hybridized carbons (Fsp3) is 0.538. The quantitative estimate of drug-likeness (QED) is 0.787. The summed E-state index contributed by atoms with van der Waals surface area (Å²) in [5, 5.41) is 2.89. The van der Waals surface area contributed by atoms with Gasteiger partial charge in [0.2, 0.25) is 5.91 Å². The van der Waals surface area contributed by atoms with E-state index >= 15 is 0 Å². The van der Waals surface area contributed by atoms with Crippen molar-refractivity contribution in [2.24, 2.45) is 7.05 Å². The summed E-state index contributed by atoms with van der Waals surface area (Å²) in [5.74, 6) is 0.126. The number of hydrogen-bond acceptors (Lipinski definition) is 3. The average molecular weight is 249 g/mol. The zero-order valence-corrected chi connectivity index (χ0v) is 10.8. The van der Waals surface area contributed by atoms with E-state index in [0.717, 1.165) is 25.2 Å². The maximum Gasteiger partial charge on any atom is 0.217 e. The Hall–Kier alpha value is -1.62. The summed E-state index contributed by atoms with van der Waals surface area (Å²) in [6, 6.07) is 3.89. The van der Waals surface area contributed by atoms with Crippen LogP contribution in [0.25, 0.3) is 0 Å². The molecule has 1 aromatic rings. The number of aromatic nitrogens is 1. The van der Waals surface area contributed by atoms with Gasteiger partial charge in [0, 0.05) is 39.3 Å². The van der Waals surface area contributed by atoms with Crippen molar-refractivity contribution in [1.29, 1.82) is 0 Å². The lowest BCUT2D eigenvalue weighted by Gasteiger charge is -2.15. The molecule has 1 aliphatic heterocycles. The summed E-state index contributed by atoms with van der Waals surface area (Å²) >= 11 is 0. The summed E-state index contributed by atoms with van der Waals surface area (Å²) in [6.07, 6.45) is 2.79. The minimum Gasteiger partial charge on any atom is -0.352 e. The number of nitrogens with one attached hydrogen (secondary N) is 1. The first-order valence-electron chi connectivity index (χ1n) is 6.20. The third kappa shape index (κ3) is 2.98. The number of Topliss-reactive ketones (excluding diaryl/α,β-unsaturated/α-hetero) is 1. The van der Waals surface area contributed by atoms with Crippen LogP contribution in [-0.2, 0) is 11.8 Å². The molecule has 0 bridgehead atoms. The lowest BCUT2D eigenvalue weighted by atomic mass is 10.2. The summed E-state index contributed by atoms with van der Waals surface area (Å²) in [5.41, 5.74) is 0.734. The molecule has 2 heterocycles. The van der Waals surface area contributed by atoms with Gasteiger partial charge in [-0.05, 0) is 18.6 Å². The summed E-state index contributed by atoms with van der Waals surface area (Å²) in [4.78, 5) is 25.1. The maximum absolute atomic E-state index is 12.1. The molecule has 1 aliphatic rings. The molecule has 1 unspecified atom stereocenters. The van der Waals surface area contributed by atoms with Crippen LogP contribution in [0.3, 0.4) is 0 Å². The topological polar surface area (TPSA) is 54.3 Å². The molecule has 1 saturated heterocycles. The van der Waals surface area contributed by atoms with Crippen molar-refractivity contribution in [3.8, 4) is 0 Å². The second kappa shape index (κ2) is 5.35. The van der Waals surface area contributed by atoms with Crippen LogP contribution in [-0.4, -0.2) is 46.8 Å². The van der Waals surface area contributed by atoms with Crippen LogP contribution < -0.4 is 5.32 Å². The first-order chi connectivity index (χ1) is 8.56. The SMILES string of the molecule is CC(=O)NC1CCN(CC(=O)c2cccn2C)C1. The largest absolute Gasteiger partial charge is 0.352 e. The highest BCUT2D eigenvalue weighted by atomic mass is 16.1. The molecule has 1 fully saturated rings. The van der Waals surface area contributed by atoms with E-state index in [1.54, 1.807) is 0 Å². The van der Waals surface area contributed by atoms with Gasteiger partial charge in [0.25, 0.3) is 0 Å². The summed E-state index contributed by atoms with van der Waals surface area (Å²) in [6.45, 7) is 3.57. The number of amides is 1. The van der Waals surface area contributed by atoms with Gasteiger partial charge in [-0.2, -0.15) is 0 Å². The minimum absolute atomic E-state index is 0.00406. The van der Waals surface area contributed by atoms with Crippen molar-refractivity contribution in [3.63, 3.8) is 0 Å². The molecule has 5 nitrogen and oxygen atoms in total. The zero-order chi connectivity index (χ0) is 13.1. The number of rotatable bonds is 4. The van der Waals surface area contributed by atoms with E-state index in [9.17, 15) is 9.59 Å². The molecule has 18 heavy (non-hydrogen) atoms. The van der Waals surface area contributed by atoms with Crippen LogP contribution in [0, 0.1) is 0 Å². The first kappa shape index (κ1) is 12.8. The van der Waals surface area contributed by atoms with Crippen molar-refractivity contribution in [1.82, 2.24) is 14.8 Å². The highest BCUT2D eigenvalue weighted by Crippen LogP contribution is 2.10. The third-order valence-corrected chi connectivity index (χ3v) is 3.28. The van der Waals surface area contributed by atoms with Gasteiger partial charge < -0.3 is 9.88 Å². The predicted octanol–water partition coefficient (Wildman–Crippen LogP) is 0.418.